The number of aliphatic hydroxyl groups is 1. The lowest BCUT2D eigenvalue weighted by molar-refractivity contribution is 0.202. The Morgan fingerprint density at radius 3 is 2.70 bits per heavy atom. The predicted molar refractivity (Wildman–Crippen MR) is 75.4 cm³/mol. The average Bonchev–Trinajstić information content (AvgIpc) is 2.63. The van der Waals surface area contributed by atoms with Gasteiger partial charge < -0.3 is 9.52 Å². The summed E-state index contributed by atoms with van der Waals surface area (Å²) in [5.74, 6) is -0.810. The summed E-state index contributed by atoms with van der Waals surface area (Å²) in [5.41, 5.74) is 1.42. The first kappa shape index (κ1) is 14.8. The molecule has 0 fully saturated rings. The molecule has 7 heteroatoms. The van der Waals surface area contributed by atoms with Crippen molar-refractivity contribution in [1.29, 1.82) is 0 Å². The van der Waals surface area contributed by atoms with E-state index in [-0.39, 0.29) is 5.75 Å². The molecule has 2 aromatic rings. The Balaban J connectivity index is 2.42. The van der Waals surface area contributed by atoms with Crippen LogP contribution in [0, 0.1) is 0 Å². The molecular formula is C13H17NO5S. The number of rotatable bonds is 5. The Hall–Kier alpha value is -1.60. The van der Waals surface area contributed by atoms with E-state index < -0.39 is 21.7 Å². The van der Waals surface area contributed by atoms with Crippen molar-refractivity contribution in [3.63, 3.8) is 0 Å². The number of benzene rings is 1. The van der Waals surface area contributed by atoms with Crippen LogP contribution in [0.15, 0.2) is 27.4 Å². The largest absolute Gasteiger partial charge is 0.419 e. The van der Waals surface area contributed by atoms with Gasteiger partial charge in [0.2, 0.25) is 0 Å². The third-order valence-electron chi connectivity index (χ3n) is 2.98. The zero-order chi connectivity index (χ0) is 14.9. The summed E-state index contributed by atoms with van der Waals surface area (Å²) in [4.78, 5) is 11.7. The Labute approximate surface area is 116 Å². The minimum Gasteiger partial charge on any atom is -0.408 e. The van der Waals surface area contributed by atoms with Gasteiger partial charge in [0, 0.05) is 12.8 Å². The summed E-state index contributed by atoms with van der Waals surface area (Å²) >= 11 is 0. The molecule has 1 heterocycles. The average molecular weight is 299 g/mol. The van der Waals surface area contributed by atoms with Crippen LogP contribution in [0.2, 0.25) is 0 Å². The second kappa shape index (κ2) is 5.41. The van der Waals surface area contributed by atoms with Gasteiger partial charge in [-0.3, -0.25) is 4.57 Å². The van der Waals surface area contributed by atoms with Crippen molar-refractivity contribution in [2.75, 3.05) is 12.0 Å². The van der Waals surface area contributed by atoms with Crippen LogP contribution in [-0.4, -0.2) is 30.1 Å². The van der Waals surface area contributed by atoms with Gasteiger partial charge in [-0.1, -0.05) is 13.0 Å². The van der Waals surface area contributed by atoms with E-state index in [1.807, 2.05) is 6.92 Å². The first-order valence-corrected chi connectivity index (χ1v) is 8.37. The van der Waals surface area contributed by atoms with Gasteiger partial charge in [-0.25, -0.2) is 13.2 Å². The molecule has 0 saturated heterocycles. The monoisotopic (exact) mass is 299 g/mol. The molecule has 2 rings (SSSR count). The maximum atomic E-state index is 11.7. The topological polar surface area (TPSA) is 89.5 Å². The lowest BCUT2D eigenvalue weighted by Gasteiger charge is -2.09. The molecule has 0 aliphatic carbocycles. The van der Waals surface area contributed by atoms with Gasteiger partial charge >= 0.3 is 5.76 Å². The fourth-order valence-corrected chi connectivity index (χ4v) is 2.87. The van der Waals surface area contributed by atoms with E-state index in [9.17, 15) is 18.3 Å². The second-order valence-corrected chi connectivity index (χ2v) is 7.04. The molecule has 1 aromatic carbocycles. The molecule has 0 aliphatic rings. The first-order valence-electron chi connectivity index (χ1n) is 6.31. The highest BCUT2D eigenvalue weighted by Crippen LogP contribution is 2.21. The van der Waals surface area contributed by atoms with Crippen molar-refractivity contribution >= 4 is 20.9 Å². The second-order valence-electron chi connectivity index (χ2n) is 4.85. The van der Waals surface area contributed by atoms with Crippen molar-refractivity contribution in [2.45, 2.75) is 26.0 Å². The number of aryl methyl sites for hydroxylation is 1. The summed E-state index contributed by atoms with van der Waals surface area (Å²) in [5, 5.41) is 9.89. The van der Waals surface area contributed by atoms with Crippen LogP contribution < -0.4 is 5.76 Å². The van der Waals surface area contributed by atoms with Gasteiger partial charge in [0.1, 0.15) is 9.84 Å². The molecule has 0 spiro atoms. The minimum atomic E-state index is -3.28. The summed E-state index contributed by atoms with van der Waals surface area (Å²) in [6.45, 7) is 2.51. The molecule has 0 radical (unpaired) electrons. The highest BCUT2D eigenvalue weighted by molar-refractivity contribution is 7.90. The van der Waals surface area contributed by atoms with Crippen molar-refractivity contribution in [3.8, 4) is 0 Å². The molecule has 1 N–H and O–H groups in total. The quantitative estimate of drug-likeness (QED) is 0.892. The molecule has 1 unspecified atom stereocenters. The van der Waals surface area contributed by atoms with Crippen molar-refractivity contribution in [1.82, 2.24) is 4.57 Å². The molecule has 110 valence electrons. The summed E-state index contributed by atoms with van der Waals surface area (Å²) in [6, 6.07) is 4.79. The molecule has 0 saturated carbocycles. The van der Waals surface area contributed by atoms with E-state index in [1.54, 1.807) is 12.1 Å². The third-order valence-corrected chi connectivity index (χ3v) is 3.91. The SMILES string of the molecule is CCCn1c(=O)oc2cc(C(O)CS(C)(=O)=O)ccc21. The van der Waals surface area contributed by atoms with Crippen molar-refractivity contribution in [3.05, 3.63) is 34.3 Å². The number of oxazole rings is 1. The smallest absolute Gasteiger partial charge is 0.408 e. The molecular weight excluding hydrogens is 282 g/mol. The normalized spacial score (nSPS) is 13.8. The number of aromatic nitrogens is 1. The van der Waals surface area contributed by atoms with Gasteiger partial charge in [-0.15, -0.1) is 0 Å². The molecule has 1 aromatic heterocycles. The number of sulfone groups is 1. The van der Waals surface area contributed by atoms with Gasteiger partial charge in [-0.2, -0.15) is 0 Å². The minimum absolute atomic E-state index is 0.355. The fraction of sp³-hybridized carbons (Fsp3) is 0.462. The van der Waals surface area contributed by atoms with Gasteiger partial charge in [-0.05, 0) is 24.1 Å². The standard InChI is InChI=1S/C13H17NO5S/c1-3-6-14-10-5-4-9(7-12(10)19-13(14)16)11(15)8-20(2,17)18/h4-5,7,11,15H,3,6,8H2,1-2H3. The molecule has 20 heavy (non-hydrogen) atoms. The van der Waals surface area contributed by atoms with Crippen molar-refractivity contribution < 1.29 is 17.9 Å². The Kier molecular flexibility index (Phi) is 4.01. The molecule has 0 bridgehead atoms. The van der Waals surface area contributed by atoms with E-state index >= 15 is 0 Å². The van der Waals surface area contributed by atoms with E-state index in [0.717, 1.165) is 12.7 Å². The van der Waals surface area contributed by atoms with Gasteiger partial charge in [0.05, 0.1) is 17.4 Å². The fourth-order valence-electron chi connectivity index (χ4n) is 2.11. The zero-order valence-electron chi connectivity index (χ0n) is 11.4. The highest BCUT2D eigenvalue weighted by Gasteiger charge is 2.17. The van der Waals surface area contributed by atoms with E-state index in [1.165, 1.54) is 10.6 Å². The first-order chi connectivity index (χ1) is 9.31. The number of hydrogen-bond acceptors (Lipinski definition) is 5. The van der Waals surface area contributed by atoms with Crippen LogP contribution in [0.5, 0.6) is 0 Å². The highest BCUT2D eigenvalue weighted by atomic mass is 32.2. The van der Waals surface area contributed by atoms with E-state index in [0.29, 0.717) is 23.2 Å². The van der Waals surface area contributed by atoms with Crippen molar-refractivity contribution in [2.24, 2.45) is 0 Å². The third kappa shape index (κ3) is 3.10. The summed E-state index contributed by atoms with van der Waals surface area (Å²) in [6.07, 6.45) is 0.730. The predicted octanol–water partition coefficient (Wildman–Crippen LogP) is 1.08. The number of aliphatic hydroxyl groups excluding tert-OH is 1. The lowest BCUT2D eigenvalue weighted by Crippen LogP contribution is -2.13. The van der Waals surface area contributed by atoms with Crippen LogP contribution in [-0.2, 0) is 16.4 Å². The maximum Gasteiger partial charge on any atom is 0.419 e. The van der Waals surface area contributed by atoms with Crippen LogP contribution in [0.4, 0.5) is 0 Å². The Morgan fingerprint density at radius 1 is 1.40 bits per heavy atom. The molecule has 0 aliphatic heterocycles. The molecule has 1 atom stereocenters. The lowest BCUT2D eigenvalue weighted by atomic mass is 10.1. The number of hydrogen-bond donors (Lipinski definition) is 1. The Bertz CT molecular complexity index is 772. The molecule has 0 amide bonds. The van der Waals surface area contributed by atoms with Gasteiger partial charge in [0.25, 0.3) is 0 Å². The zero-order valence-corrected chi connectivity index (χ0v) is 12.2. The van der Waals surface area contributed by atoms with Crippen LogP contribution in [0.1, 0.15) is 25.0 Å². The van der Waals surface area contributed by atoms with Crippen LogP contribution in [0.3, 0.4) is 0 Å². The van der Waals surface area contributed by atoms with Crippen LogP contribution in [0.25, 0.3) is 11.1 Å². The summed E-state index contributed by atoms with van der Waals surface area (Å²) in [7, 11) is -3.28. The van der Waals surface area contributed by atoms with Crippen LogP contribution >= 0.6 is 0 Å². The van der Waals surface area contributed by atoms with E-state index in [2.05, 4.69) is 0 Å². The Morgan fingerprint density at radius 2 is 2.10 bits per heavy atom. The van der Waals surface area contributed by atoms with E-state index in [4.69, 9.17) is 4.42 Å². The number of nitrogens with zero attached hydrogens (tertiary/aromatic N) is 1. The maximum absolute atomic E-state index is 11.7. The number of fused-ring (bicyclic) bond motifs is 1. The van der Waals surface area contributed by atoms with Gasteiger partial charge in [0.15, 0.2) is 5.58 Å². The summed E-state index contributed by atoms with van der Waals surface area (Å²) < 4.78 is 29.0. The molecule has 6 nitrogen and oxygen atoms in total.